The predicted molar refractivity (Wildman–Crippen MR) is 110 cm³/mol. The molecule has 32 heavy (non-hydrogen) atoms. The number of amides is 2. The Labute approximate surface area is 184 Å². The fourth-order valence-electron chi connectivity index (χ4n) is 3.94. The molecule has 10 heteroatoms. The maximum Gasteiger partial charge on any atom is 0.338 e. The SMILES string of the molecule is CCOC(=O)C1=C(CN2CCC(C(=O)OCC)CC2)NC(=O)NC1c1ccc(F)c(F)c1. The van der Waals surface area contributed by atoms with Gasteiger partial charge in [0.05, 0.1) is 30.7 Å². The van der Waals surface area contributed by atoms with Crippen molar-refractivity contribution in [2.24, 2.45) is 5.92 Å². The molecule has 1 aromatic rings. The van der Waals surface area contributed by atoms with Gasteiger partial charge in [0.2, 0.25) is 0 Å². The molecule has 2 amide bonds. The first kappa shape index (κ1) is 23.6. The highest BCUT2D eigenvalue weighted by molar-refractivity contribution is 5.95. The first-order valence-electron chi connectivity index (χ1n) is 10.7. The molecule has 0 saturated carbocycles. The first-order chi connectivity index (χ1) is 15.3. The standard InChI is InChI=1S/C22H27F2N3O5/c1-3-31-20(28)13-7-9-27(10-8-13)12-17-18(21(29)32-4-2)19(26-22(30)25-17)14-5-6-15(23)16(24)11-14/h5-6,11,13,19H,3-4,7-10,12H2,1-2H3,(H2,25,26,30). The van der Waals surface area contributed by atoms with Gasteiger partial charge in [-0.1, -0.05) is 6.07 Å². The summed E-state index contributed by atoms with van der Waals surface area (Å²) in [5.41, 5.74) is 0.682. The van der Waals surface area contributed by atoms with Crippen LogP contribution in [0.2, 0.25) is 0 Å². The summed E-state index contributed by atoms with van der Waals surface area (Å²) in [6, 6.07) is 1.65. The maximum absolute atomic E-state index is 13.9. The fraction of sp³-hybridized carbons (Fsp3) is 0.500. The second kappa shape index (κ2) is 10.5. The molecule has 1 atom stereocenters. The minimum absolute atomic E-state index is 0.110. The lowest BCUT2D eigenvalue weighted by Crippen LogP contribution is -2.49. The zero-order valence-electron chi connectivity index (χ0n) is 18.1. The van der Waals surface area contributed by atoms with Crippen molar-refractivity contribution < 1.29 is 32.6 Å². The van der Waals surface area contributed by atoms with Gasteiger partial charge in [0, 0.05) is 12.2 Å². The van der Waals surface area contributed by atoms with Gasteiger partial charge in [-0.2, -0.15) is 0 Å². The van der Waals surface area contributed by atoms with Crippen molar-refractivity contribution in [2.45, 2.75) is 32.7 Å². The van der Waals surface area contributed by atoms with Crippen LogP contribution < -0.4 is 10.6 Å². The van der Waals surface area contributed by atoms with E-state index >= 15 is 0 Å². The quantitative estimate of drug-likeness (QED) is 0.618. The largest absolute Gasteiger partial charge is 0.466 e. The Bertz CT molecular complexity index is 913. The molecule has 2 aliphatic rings. The number of benzene rings is 1. The summed E-state index contributed by atoms with van der Waals surface area (Å²) in [6.07, 6.45) is 1.19. The van der Waals surface area contributed by atoms with Gasteiger partial charge in [-0.25, -0.2) is 18.4 Å². The van der Waals surface area contributed by atoms with Crippen LogP contribution in [0.25, 0.3) is 0 Å². The molecule has 2 N–H and O–H groups in total. The minimum atomic E-state index is -1.08. The number of urea groups is 1. The molecule has 1 saturated heterocycles. The third-order valence-electron chi connectivity index (χ3n) is 5.52. The van der Waals surface area contributed by atoms with Crippen LogP contribution in [0.5, 0.6) is 0 Å². The average molecular weight is 451 g/mol. The number of nitrogens with one attached hydrogen (secondary N) is 2. The minimum Gasteiger partial charge on any atom is -0.466 e. The molecule has 0 aliphatic carbocycles. The van der Waals surface area contributed by atoms with Crippen LogP contribution in [0.3, 0.4) is 0 Å². The first-order valence-corrected chi connectivity index (χ1v) is 10.7. The van der Waals surface area contributed by atoms with Crippen LogP contribution in [0.15, 0.2) is 29.5 Å². The molecular weight excluding hydrogens is 424 g/mol. The Morgan fingerprint density at radius 2 is 1.78 bits per heavy atom. The summed E-state index contributed by atoms with van der Waals surface area (Å²) in [7, 11) is 0. The van der Waals surface area contributed by atoms with E-state index in [1.54, 1.807) is 13.8 Å². The van der Waals surface area contributed by atoms with Gasteiger partial charge in [0.25, 0.3) is 0 Å². The number of rotatable bonds is 7. The molecule has 0 spiro atoms. The summed E-state index contributed by atoms with van der Waals surface area (Å²) < 4.78 is 37.5. The van der Waals surface area contributed by atoms with E-state index in [4.69, 9.17) is 9.47 Å². The lowest BCUT2D eigenvalue weighted by atomic mass is 9.93. The van der Waals surface area contributed by atoms with E-state index in [0.29, 0.717) is 38.2 Å². The van der Waals surface area contributed by atoms with E-state index in [1.807, 2.05) is 4.90 Å². The summed E-state index contributed by atoms with van der Waals surface area (Å²) in [5.74, 6) is -3.16. The van der Waals surface area contributed by atoms with Gasteiger partial charge in [-0.05, 0) is 57.5 Å². The fourth-order valence-corrected chi connectivity index (χ4v) is 3.94. The van der Waals surface area contributed by atoms with E-state index < -0.39 is 29.7 Å². The van der Waals surface area contributed by atoms with Crippen molar-refractivity contribution in [2.75, 3.05) is 32.8 Å². The molecule has 1 unspecified atom stereocenters. The van der Waals surface area contributed by atoms with E-state index in [0.717, 1.165) is 12.1 Å². The number of hydrogen-bond acceptors (Lipinski definition) is 6. The van der Waals surface area contributed by atoms with Crippen LogP contribution in [-0.4, -0.2) is 55.7 Å². The smallest absolute Gasteiger partial charge is 0.338 e. The number of likely N-dealkylation sites (tertiary alicyclic amines) is 1. The maximum atomic E-state index is 13.9. The molecule has 0 bridgehead atoms. The topological polar surface area (TPSA) is 97.0 Å². The molecule has 2 aliphatic heterocycles. The summed E-state index contributed by atoms with van der Waals surface area (Å²) >= 11 is 0. The third-order valence-corrected chi connectivity index (χ3v) is 5.52. The van der Waals surface area contributed by atoms with Crippen molar-refractivity contribution in [3.05, 3.63) is 46.7 Å². The van der Waals surface area contributed by atoms with Crippen LogP contribution in [0.4, 0.5) is 13.6 Å². The van der Waals surface area contributed by atoms with Crippen molar-refractivity contribution in [1.82, 2.24) is 15.5 Å². The van der Waals surface area contributed by atoms with Crippen LogP contribution in [0, 0.1) is 17.6 Å². The second-order valence-electron chi connectivity index (χ2n) is 7.62. The molecule has 1 fully saturated rings. The number of carbonyl (C=O) groups excluding carboxylic acids is 3. The zero-order chi connectivity index (χ0) is 23.3. The molecule has 174 valence electrons. The van der Waals surface area contributed by atoms with Gasteiger partial charge in [-0.15, -0.1) is 0 Å². The highest BCUT2D eigenvalue weighted by Gasteiger charge is 2.35. The third kappa shape index (κ3) is 5.42. The van der Waals surface area contributed by atoms with Crippen LogP contribution in [0.1, 0.15) is 38.3 Å². The van der Waals surface area contributed by atoms with Gasteiger partial charge < -0.3 is 20.1 Å². The van der Waals surface area contributed by atoms with E-state index in [2.05, 4.69) is 10.6 Å². The highest BCUT2D eigenvalue weighted by atomic mass is 19.2. The predicted octanol–water partition coefficient (Wildman–Crippen LogP) is 2.41. The number of ether oxygens (including phenoxy) is 2. The molecular formula is C22H27F2N3O5. The van der Waals surface area contributed by atoms with Gasteiger partial charge >= 0.3 is 18.0 Å². The van der Waals surface area contributed by atoms with Crippen molar-refractivity contribution in [3.8, 4) is 0 Å². The van der Waals surface area contributed by atoms with E-state index in [-0.39, 0.29) is 36.2 Å². The average Bonchev–Trinajstić information content (AvgIpc) is 2.76. The molecule has 0 aromatic heterocycles. The molecule has 0 radical (unpaired) electrons. The molecule has 1 aromatic carbocycles. The van der Waals surface area contributed by atoms with E-state index in [1.165, 1.54) is 6.07 Å². The molecule has 8 nitrogen and oxygen atoms in total. The van der Waals surface area contributed by atoms with Gasteiger partial charge in [-0.3, -0.25) is 9.69 Å². The number of piperidine rings is 1. The van der Waals surface area contributed by atoms with Crippen molar-refractivity contribution in [1.29, 1.82) is 0 Å². The van der Waals surface area contributed by atoms with Gasteiger partial charge in [0.1, 0.15) is 0 Å². The number of nitrogens with zero attached hydrogens (tertiary/aromatic N) is 1. The zero-order valence-corrected chi connectivity index (χ0v) is 18.1. The molecule has 2 heterocycles. The van der Waals surface area contributed by atoms with Crippen LogP contribution >= 0.6 is 0 Å². The Morgan fingerprint density at radius 1 is 1.09 bits per heavy atom. The summed E-state index contributed by atoms with van der Waals surface area (Å²) in [4.78, 5) is 39.1. The van der Waals surface area contributed by atoms with Crippen molar-refractivity contribution >= 4 is 18.0 Å². The second-order valence-corrected chi connectivity index (χ2v) is 7.62. The van der Waals surface area contributed by atoms with Crippen molar-refractivity contribution in [3.63, 3.8) is 0 Å². The summed E-state index contributed by atoms with van der Waals surface area (Å²) in [6.45, 7) is 5.24. The Hall–Kier alpha value is -3.01. The summed E-state index contributed by atoms with van der Waals surface area (Å²) in [5, 5.41) is 5.26. The van der Waals surface area contributed by atoms with Gasteiger partial charge in [0.15, 0.2) is 11.6 Å². The Kier molecular flexibility index (Phi) is 7.79. The number of carbonyl (C=O) groups is 3. The lowest BCUT2D eigenvalue weighted by Gasteiger charge is -2.35. The molecule has 3 rings (SSSR count). The highest BCUT2D eigenvalue weighted by Crippen LogP contribution is 2.30. The number of halogens is 2. The van der Waals surface area contributed by atoms with Crippen LogP contribution in [-0.2, 0) is 19.1 Å². The normalized spacial score (nSPS) is 19.9. The van der Waals surface area contributed by atoms with E-state index in [9.17, 15) is 23.2 Å². The number of esters is 2. The Balaban J connectivity index is 1.86. The Morgan fingerprint density at radius 3 is 2.41 bits per heavy atom. The lowest BCUT2D eigenvalue weighted by molar-refractivity contribution is -0.149. The monoisotopic (exact) mass is 451 g/mol. The number of hydrogen-bond donors (Lipinski definition) is 2.